The normalized spacial score (nSPS) is 21.5. The van der Waals surface area contributed by atoms with Gasteiger partial charge in [-0.25, -0.2) is 0 Å². The van der Waals surface area contributed by atoms with Gasteiger partial charge < -0.3 is 9.88 Å². The van der Waals surface area contributed by atoms with Crippen LogP contribution in [0.25, 0.3) is 10.9 Å². The minimum atomic E-state index is 0. The summed E-state index contributed by atoms with van der Waals surface area (Å²) in [6.07, 6.45) is 3.90. The van der Waals surface area contributed by atoms with Crippen LogP contribution in [-0.4, -0.2) is 11.1 Å². The maximum atomic E-state index is 3.67. The van der Waals surface area contributed by atoms with Gasteiger partial charge in [0.1, 0.15) is 0 Å². The molecule has 0 amide bonds. The molecule has 18 heavy (non-hydrogen) atoms. The van der Waals surface area contributed by atoms with Gasteiger partial charge in [0.2, 0.25) is 0 Å². The van der Waals surface area contributed by atoms with Crippen molar-refractivity contribution in [3.8, 4) is 0 Å². The number of fused-ring (bicyclic) bond motifs is 3. The zero-order valence-electron chi connectivity index (χ0n) is 10.7. The van der Waals surface area contributed by atoms with Gasteiger partial charge in [0, 0.05) is 35.7 Å². The highest BCUT2D eigenvalue weighted by Crippen LogP contribution is 2.38. The highest BCUT2D eigenvalue weighted by Gasteiger charge is 2.29. The molecule has 0 saturated heterocycles. The number of nitrogens with zero attached hydrogens (tertiary/aromatic N) is 1. The highest BCUT2D eigenvalue weighted by molar-refractivity contribution is 5.87. The molecule has 0 bridgehead atoms. The van der Waals surface area contributed by atoms with Crippen LogP contribution in [0.2, 0.25) is 0 Å². The minimum Gasteiger partial charge on any atom is -0.342 e. The first kappa shape index (κ1) is 12.1. The van der Waals surface area contributed by atoms with Crippen LogP contribution in [0.4, 0.5) is 0 Å². The molecule has 1 aliphatic heterocycles. The van der Waals surface area contributed by atoms with E-state index >= 15 is 0 Å². The van der Waals surface area contributed by atoms with Gasteiger partial charge in [0.15, 0.2) is 0 Å². The van der Waals surface area contributed by atoms with Gasteiger partial charge in [-0.15, -0.1) is 12.4 Å². The van der Waals surface area contributed by atoms with Crippen LogP contribution < -0.4 is 5.32 Å². The minimum absolute atomic E-state index is 0. The van der Waals surface area contributed by atoms with E-state index in [9.17, 15) is 0 Å². The van der Waals surface area contributed by atoms with Crippen molar-refractivity contribution in [3.05, 3.63) is 35.0 Å². The zero-order valence-corrected chi connectivity index (χ0v) is 11.5. The Morgan fingerprint density at radius 1 is 1.33 bits per heavy atom. The lowest BCUT2D eigenvalue weighted by Gasteiger charge is -2.31. The maximum absolute atomic E-state index is 3.67. The lowest BCUT2D eigenvalue weighted by molar-refractivity contribution is 0.384. The summed E-state index contributed by atoms with van der Waals surface area (Å²) in [6, 6.07) is 7.54. The van der Waals surface area contributed by atoms with E-state index in [-0.39, 0.29) is 12.4 Å². The molecule has 4 rings (SSSR count). The van der Waals surface area contributed by atoms with Gasteiger partial charge in [0.25, 0.3) is 0 Å². The van der Waals surface area contributed by atoms with Crippen LogP contribution >= 0.6 is 12.4 Å². The summed E-state index contributed by atoms with van der Waals surface area (Å²) in [5.41, 5.74) is 6.04. The number of benzene rings is 1. The van der Waals surface area contributed by atoms with Crippen molar-refractivity contribution in [3.63, 3.8) is 0 Å². The van der Waals surface area contributed by atoms with E-state index in [1.807, 2.05) is 0 Å². The summed E-state index contributed by atoms with van der Waals surface area (Å²) < 4.78 is 2.56. The molecule has 1 atom stereocenters. The number of hydrogen-bond donors (Lipinski definition) is 1. The van der Waals surface area contributed by atoms with E-state index in [1.54, 1.807) is 11.3 Å². The quantitative estimate of drug-likeness (QED) is 0.771. The molecule has 1 aliphatic carbocycles. The largest absolute Gasteiger partial charge is 0.342 e. The van der Waals surface area contributed by atoms with Crippen LogP contribution in [0, 0.1) is 6.92 Å². The Hall–Kier alpha value is -0.990. The van der Waals surface area contributed by atoms with Gasteiger partial charge in [-0.3, -0.25) is 0 Å². The molecule has 0 saturated carbocycles. The second-order valence-electron chi connectivity index (χ2n) is 5.43. The molecule has 96 valence electrons. The summed E-state index contributed by atoms with van der Waals surface area (Å²) in [7, 11) is 0. The fourth-order valence-corrected chi connectivity index (χ4v) is 3.63. The molecule has 2 heterocycles. The van der Waals surface area contributed by atoms with E-state index < -0.39 is 0 Å². The van der Waals surface area contributed by atoms with E-state index in [4.69, 9.17) is 0 Å². The molecule has 1 N–H and O–H groups in total. The molecule has 2 aliphatic rings. The van der Waals surface area contributed by atoms with Gasteiger partial charge in [0.05, 0.1) is 0 Å². The summed E-state index contributed by atoms with van der Waals surface area (Å²) in [5, 5.41) is 5.18. The van der Waals surface area contributed by atoms with Crippen molar-refractivity contribution in [1.82, 2.24) is 9.88 Å². The Morgan fingerprint density at radius 2 is 2.22 bits per heavy atom. The Bertz CT molecular complexity index is 598. The van der Waals surface area contributed by atoms with Crippen LogP contribution in [0.15, 0.2) is 18.2 Å². The molecule has 2 nitrogen and oxygen atoms in total. The van der Waals surface area contributed by atoms with Crippen molar-refractivity contribution in [2.75, 3.05) is 6.54 Å². The van der Waals surface area contributed by atoms with Crippen LogP contribution in [0.5, 0.6) is 0 Å². The van der Waals surface area contributed by atoms with E-state index in [1.165, 1.54) is 35.7 Å². The third kappa shape index (κ3) is 1.52. The van der Waals surface area contributed by atoms with Gasteiger partial charge in [-0.05, 0) is 43.9 Å². The third-order valence-corrected chi connectivity index (χ3v) is 4.34. The first-order valence-electron chi connectivity index (χ1n) is 6.69. The summed E-state index contributed by atoms with van der Waals surface area (Å²) in [5.74, 6) is 0. The molecule has 0 unspecified atom stereocenters. The van der Waals surface area contributed by atoms with Gasteiger partial charge in [-0.1, -0.05) is 11.6 Å². The van der Waals surface area contributed by atoms with Crippen molar-refractivity contribution >= 4 is 23.3 Å². The lowest BCUT2D eigenvalue weighted by atomic mass is 9.90. The van der Waals surface area contributed by atoms with Crippen LogP contribution in [-0.2, 0) is 13.0 Å². The number of halogens is 1. The van der Waals surface area contributed by atoms with E-state index in [0.717, 1.165) is 13.1 Å². The van der Waals surface area contributed by atoms with Gasteiger partial charge >= 0.3 is 0 Å². The molecule has 0 spiro atoms. The number of aromatic nitrogens is 1. The first-order valence-corrected chi connectivity index (χ1v) is 6.69. The van der Waals surface area contributed by atoms with E-state index in [2.05, 4.69) is 35.0 Å². The number of hydrogen-bond acceptors (Lipinski definition) is 1. The van der Waals surface area contributed by atoms with Crippen molar-refractivity contribution in [2.24, 2.45) is 0 Å². The molecule has 1 aromatic carbocycles. The SMILES string of the molecule is Cc1ccc2c(c1)c1c3n2CCN[C@H]3CCC1.Cl. The number of rotatable bonds is 0. The fraction of sp³-hybridized carbons (Fsp3) is 0.467. The molecule has 1 aromatic heterocycles. The Balaban J connectivity index is 0.000001000. The van der Waals surface area contributed by atoms with Gasteiger partial charge in [-0.2, -0.15) is 0 Å². The molecule has 2 aromatic rings. The maximum Gasteiger partial charge on any atom is 0.0486 e. The second kappa shape index (κ2) is 4.29. The summed E-state index contributed by atoms with van der Waals surface area (Å²) in [4.78, 5) is 0. The number of nitrogens with one attached hydrogen (secondary N) is 1. The molecule has 0 fully saturated rings. The second-order valence-corrected chi connectivity index (χ2v) is 5.43. The van der Waals surface area contributed by atoms with E-state index in [0.29, 0.717) is 6.04 Å². The Labute approximate surface area is 114 Å². The van der Waals surface area contributed by atoms with Crippen LogP contribution in [0.3, 0.4) is 0 Å². The average molecular weight is 263 g/mol. The first-order chi connectivity index (χ1) is 8.34. The molecule has 3 heteroatoms. The topological polar surface area (TPSA) is 17.0 Å². The monoisotopic (exact) mass is 262 g/mol. The molecular formula is C15H19ClN2. The summed E-state index contributed by atoms with van der Waals surface area (Å²) >= 11 is 0. The standard InChI is InChI=1S/C15H18N2.ClH/c1-10-5-6-14-12(9-10)11-3-2-4-13-15(11)17(14)8-7-16-13;/h5-6,9,13,16H,2-4,7-8H2,1H3;1H/t13-;/m0./s1. The van der Waals surface area contributed by atoms with Crippen molar-refractivity contribution in [2.45, 2.75) is 38.8 Å². The molecule has 0 radical (unpaired) electrons. The van der Waals surface area contributed by atoms with Crippen molar-refractivity contribution < 1.29 is 0 Å². The zero-order chi connectivity index (χ0) is 11.4. The summed E-state index contributed by atoms with van der Waals surface area (Å²) in [6.45, 7) is 4.45. The number of aryl methyl sites for hydroxylation is 2. The predicted octanol–water partition coefficient (Wildman–Crippen LogP) is 3.35. The fourth-order valence-electron chi connectivity index (χ4n) is 3.63. The van der Waals surface area contributed by atoms with Crippen molar-refractivity contribution in [1.29, 1.82) is 0 Å². The Kier molecular flexibility index (Phi) is 2.87. The predicted molar refractivity (Wildman–Crippen MR) is 77.6 cm³/mol. The highest BCUT2D eigenvalue weighted by atomic mass is 35.5. The lowest BCUT2D eigenvalue weighted by Crippen LogP contribution is -2.35. The third-order valence-electron chi connectivity index (χ3n) is 4.34. The average Bonchev–Trinajstić information content (AvgIpc) is 2.67. The Morgan fingerprint density at radius 3 is 3.11 bits per heavy atom. The van der Waals surface area contributed by atoms with Crippen LogP contribution in [0.1, 0.15) is 35.7 Å². The molecular weight excluding hydrogens is 244 g/mol. The smallest absolute Gasteiger partial charge is 0.0486 e.